The number of rotatable bonds is 5. The molecule has 3 rings (SSSR count). The highest BCUT2D eigenvalue weighted by Gasteiger charge is 2.20. The monoisotopic (exact) mass is 310 g/mol. The van der Waals surface area contributed by atoms with Crippen molar-refractivity contribution in [1.82, 2.24) is 10.3 Å². The molecule has 1 N–H and O–H groups in total. The number of benzene rings is 1. The van der Waals surface area contributed by atoms with Gasteiger partial charge in [0.05, 0.1) is 0 Å². The Hall–Kier alpha value is -1.72. The predicted molar refractivity (Wildman–Crippen MR) is 75.5 cm³/mol. The molecule has 21 heavy (non-hydrogen) atoms. The molecule has 1 aliphatic carbocycles. The summed E-state index contributed by atoms with van der Waals surface area (Å²) in [6.45, 7) is 0.687. The minimum absolute atomic E-state index is 0.0192. The maximum Gasteiger partial charge on any atom is 0.238 e. The first-order valence-corrected chi connectivity index (χ1v) is 7.00. The summed E-state index contributed by atoms with van der Waals surface area (Å²) < 4.78 is 31.5. The zero-order chi connectivity index (χ0) is 14.8. The van der Waals surface area contributed by atoms with Crippen LogP contribution in [-0.2, 0) is 6.54 Å². The van der Waals surface area contributed by atoms with Crippen LogP contribution in [-0.4, -0.2) is 11.0 Å². The lowest BCUT2D eigenvalue weighted by molar-refractivity contribution is 0.451. The van der Waals surface area contributed by atoms with E-state index in [0.717, 1.165) is 23.8 Å². The average Bonchev–Trinajstić information content (AvgIpc) is 3.22. The van der Waals surface area contributed by atoms with Crippen LogP contribution in [0.5, 0.6) is 11.6 Å². The molecule has 0 spiro atoms. The Morgan fingerprint density at radius 3 is 2.52 bits per heavy atom. The van der Waals surface area contributed by atoms with Crippen LogP contribution in [0.25, 0.3) is 0 Å². The summed E-state index contributed by atoms with van der Waals surface area (Å²) in [6.07, 6.45) is 4.03. The number of ether oxygens (including phenoxy) is 1. The van der Waals surface area contributed by atoms with E-state index in [1.165, 1.54) is 12.8 Å². The van der Waals surface area contributed by atoms with Crippen LogP contribution in [0.1, 0.15) is 18.4 Å². The summed E-state index contributed by atoms with van der Waals surface area (Å²) >= 11 is 6.09. The lowest BCUT2D eigenvalue weighted by Gasteiger charge is -2.09. The molecule has 6 heteroatoms. The van der Waals surface area contributed by atoms with E-state index in [9.17, 15) is 8.78 Å². The van der Waals surface area contributed by atoms with Gasteiger partial charge < -0.3 is 10.1 Å². The molecule has 3 nitrogen and oxygen atoms in total. The molecule has 1 fully saturated rings. The van der Waals surface area contributed by atoms with Crippen molar-refractivity contribution in [2.45, 2.75) is 25.4 Å². The van der Waals surface area contributed by atoms with Gasteiger partial charge in [-0.1, -0.05) is 11.6 Å². The minimum atomic E-state index is -0.716. The van der Waals surface area contributed by atoms with Crippen molar-refractivity contribution in [3.8, 4) is 11.6 Å². The largest absolute Gasteiger partial charge is 0.437 e. The van der Waals surface area contributed by atoms with Crippen LogP contribution in [0.3, 0.4) is 0 Å². The molecule has 0 saturated heterocycles. The molecule has 0 atom stereocenters. The molecular weight excluding hydrogens is 298 g/mol. The van der Waals surface area contributed by atoms with E-state index in [0.29, 0.717) is 17.6 Å². The van der Waals surface area contributed by atoms with Gasteiger partial charge in [-0.15, -0.1) is 0 Å². The lowest BCUT2D eigenvalue weighted by Crippen LogP contribution is -2.15. The Morgan fingerprint density at radius 2 is 1.90 bits per heavy atom. The van der Waals surface area contributed by atoms with Crippen molar-refractivity contribution < 1.29 is 13.5 Å². The third kappa shape index (κ3) is 3.89. The van der Waals surface area contributed by atoms with Crippen molar-refractivity contribution >= 4 is 11.6 Å². The highest BCUT2D eigenvalue weighted by molar-refractivity contribution is 6.31. The summed E-state index contributed by atoms with van der Waals surface area (Å²) in [5, 5.41) is 3.65. The molecule has 1 saturated carbocycles. The van der Waals surface area contributed by atoms with Gasteiger partial charge >= 0.3 is 0 Å². The Morgan fingerprint density at radius 1 is 1.19 bits per heavy atom. The van der Waals surface area contributed by atoms with Gasteiger partial charge in [0, 0.05) is 37.0 Å². The number of nitrogens with zero attached hydrogens (tertiary/aromatic N) is 1. The molecule has 0 bridgehead atoms. The van der Waals surface area contributed by atoms with Gasteiger partial charge in [-0.3, -0.25) is 0 Å². The fraction of sp³-hybridized carbons (Fsp3) is 0.267. The maximum absolute atomic E-state index is 13.1. The molecular formula is C15H13ClF2N2O. The first-order chi connectivity index (χ1) is 10.1. The molecule has 0 aliphatic heterocycles. The zero-order valence-corrected chi connectivity index (χ0v) is 11.8. The van der Waals surface area contributed by atoms with E-state index < -0.39 is 11.6 Å². The molecule has 0 radical (unpaired) electrons. The average molecular weight is 311 g/mol. The molecule has 1 heterocycles. The predicted octanol–water partition coefficient (Wildman–Crippen LogP) is 4.06. The van der Waals surface area contributed by atoms with Crippen molar-refractivity contribution in [3.63, 3.8) is 0 Å². The van der Waals surface area contributed by atoms with E-state index in [-0.39, 0.29) is 11.6 Å². The normalized spacial score (nSPS) is 14.2. The van der Waals surface area contributed by atoms with Crippen LogP contribution in [0.4, 0.5) is 8.78 Å². The summed E-state index contributed by atoms with van der Waals surface area (Å²) in [5.74, 6) is -1.29. The first kappa shape index (κ1) is 14.2. The van der Waals surface area contributed by atoms with Gasteiger partial charge in [-0.25, -0.2) is 13.8 Å². The van der Waals surface area contributed by atoms with Crippen LogP contribution in [0, 0.1) is 11.6 Å². The SMILES string of the molecule is Fc1cc(F)cc(Oc2ncc(CNC3CC3)cc2Cl)c1. The summed E-state index contributed by atoms with van der Waals surface area (Å²) in [4.78, 5) is 4.09. The molecule has 110 valence electrons. The second-order valence-corrected chi connectivity index (χ2v) is 5.40. The molecule has 2 aromatic rings. The quantitative estimate of drug-likeness (QED) is 0.904. The third-order valence-corrected chi connectivity index (χ3v) is 3.36. The number of halogens is 3. The molecule has 1 aromatic carbocycles. The minimum Gasteiger partial charge on any atom is -0.437 e. The van der Waals surface area contributed by atoms with Crippen molar-refractivity contribution in [1.29, 1.82) is 0 Å². The van der Waals surface area contributed by atoms with E-state index in [1.54, 1.807) is 12.3 Å². The highest BCUT2D eigenvalue weighted by Crippen LogP contribution is 2.29. The maximum atomic E-state index is 13.1. The van der Waals surface area contributed by atoms with E-state index in [1.807, 2.05) is 0 Å². The van der Waals surface area contributed by atoms with Crippen molar-refractivity contribution in [2.24, 2.45) is 0 Å². The van der Waals surface area contributed by atoms with Gasteiger partial charge in [0.2, 0.25) is 5.88 Å². The van der Waals surface area contributed by atoms with E-state index in [2.05, 4.69) is 10.3 Å². The molecule has 0 amide bonds. The first-order valence-electron chi connectivity index (χ1n) is 6.62. The Bertz CT molecular complexity index is 642. The Balaban J connectivity index is 1.72. The van der Waals surface area contributed by atoms with Crippen LogP contribution < -0.4 is 10.1 Å². The van der Waals surface area contributed by atoms with Gasteiger partial charge in [-0.05, 0) is 24.5 Å². The third-order valence-electron chi connectivity index (χ3n) is 3.09. The number of aromatic nitrogens is 1. The van der Waals surface area contributed by atoms with Crippen molar-refractivity contribution in [2.75, 3.05) is 0 Å². The Kier molecular flexibility index (Phi) is 4.03. The standard InChI is InChI=1S/C15H13ClF2N2O/c16-14-3-9(7-19-12-1-2-12)8-20-15(14)21-13-5-10(17)4-11(18)6-13/h3-6,8,12,19H,1-2,7H2. The topological polar surface area (TPSA) is 34.1 Å². The van der Waals surface area contributed by atoms with Gasteiger partial charge in [0.25, 0.3) is 0 Å². The summed E-state index contributed by atoms with van der Waals surface area (Å²) in [7, 11) is 0. The van der Waals surface area contributed by atoms with Crippen molar-refractivity contribution in [3.05, 3.63) is 52.7 Å². The molecule has 1 aromatic heterocycles. The molecule has 1 aliphatic rings. The second-order valence-electron chi connectivity index (χ2n) is 4.99. The van der Waals surface area contributed by atoms with E-state index >= 15 is 0 Å². The fourth-order valence-electron chi connectivity index (χ4n) is 1.89. The zero-order valence-electron chi connectivity index (χ0n) is 11.1. The second kappa shape index (κ2) is 5.95. The van der Waals surface area contributed by atoms with Crippen LogP contribution in [0.2, 0.25) is 5.02 Å². The molecule has 0 unspecified atom stereocenters. The lowest BCUT2D eigenvalue weighted by atomic mass is 10.3. The number of hydrogen-bond donors (Lipinski definition) is 1. The fourth-order valence-corrected chi connectivity index (χ4v) is 2.11. The summed E-state index contributed by atoms with van der Waals surface area (Å²) in [5.41, 5.74) is 0.935. The number of nitrogens with one attached hydrogen (secondary N) is 1. The van der Waals surface area contributed by atoms with Gasteiger partial charge in [0.15, 0.2) is 0 Å². The van der Waals surface area contributed by atoms with Gasteiger partial charge in [-0.2, -0.15) is 0 Å². The Labute approximate surface area is 125 Å². The summed E-state index contributed by atoms with van der Waals surface area (Å²) in [6, 6.07) is 5.24. The van der Waals surface area contributed by atoms with Crippen LogP contribution in [0.15, 0.2) is 30.5 Å². The number of pyridine rings is 1. The van der Waals surface area contributed by atoms with Gasteiger partial charge in [0.1, 0.15) is 22.4 Å². The smallest absolute Gasteiger partial charge is 0.238 e. The number of hydrogen-bond acceptors (Lipinski definition) is 3. The van der Waals surface area contributed by atoms with E-state index in [4.69, 9.17) is 16.3 Å². The van der Waals surface area contributed by atoms with Crippen LogP contribution >= 0.6 is 11.6 Å². The highest BCUT2D eigenvalue weighted by atomic mass is 35.5.